The van der Waals surface area contributed by atoms with Crippen LogP contribution in [0.1, 0.15) is 79.1 Å². The van der Waals surface area contributed by atoms with E-state index in [1.807, 2.05) is 0 Å². The fraction of sp³-hybridized carbons (Fsp3) is 0.833. The first kappa shape index (κ1) is 17.3. The van der Waals surface area contributed by atoms with E-state index in [-0.39, 0.29) is 6.10 Å². The molecule has 1 atom stereocenters. The van der Waals surface area contributed by atoms with Gasteiger partial charge in [0, 0.05) is 5.92 Å². The molecular formula is C18H33NO. The summed E-state index contributed by atoms with van der Waals surface area (Å²) in [6.45, 7) is 9.55. The van der Waals surface area contributed by atoms with Gasteiger partial charge in [0.15, 0.2) is 0 Å². The van der Waals surface area contributed by atoms with Crippen molar-refractivity contribution >= 4 is 5.71 Å². The van der Waals surface area contributed by atoms with Gasteiger partial charge in [-0.1, -0.05) is 52.4 Å². The Hall–Kier alpha value is -0.790. The van der Waals surface area contributed by atoms with Crippen LogP contribution in [-0.2, 0) is 4.74 Å². The van der Waals surface area contributed by atoms with Crippen molar-refractivity contribution < 1.29 is 4.74 Å². The minimum Gasteiger partial charge on any atom is -0.489 e. The van der Waals surface area contributed by atoms with Crippen LogP contribution in [0.25, 0.3) is 0 Å². The molecule has 0 aliphatic carbocycles. The van der Waals surface area contributed by atoms with E-state index in [4.69, 9.17) is 9.73 Å². The van der Waals surface area contributed by atoms with Gasteiger partial charge in [0.25, 0.3) is 0 Å². The summed E-state index contributed by atoms with van der Waals surface area (Å²) in [5.74, 6) is 1.68. The van der Waals surface area contributed by atoms with Gasteiger partial charge in [0.05, 0.1) is 18.4 Å². The van der Waals surface area contributed by atoms with Crippen LogP contribution in [-0.4, -0.2) is 18.4 Å². The van der Waals surface area contributed by atoms with E-state index in [0.29, 0.717) is 5.92 Å². The number of allylic oxidation sites excluding steroid dienone is 1. The fourth-order valence-corrected chi connectivity index (χ4v) is 2.79. The molecule has 1 unspecified atom stereocenters. The molecule has 0 amide bonds. The maximum Gasteiger partial charge on any atom is 0.138 e. The van der Waals surface area contributed by atoms with Crippen molar-refractivity contribution in [2.45, 2.75) is 85.2 Å². The Balaban J connectivity index is 2.55. The largest absolute Gasteiger partial charge is 0.489 e. The van der Waals surface area contributed by atoms with Crippen molar-refractivity contribution in [3.63, 3.8) is 0 Å². The molecule has 0 N–H and O–H groups in total. The van der Waals surface area contributed by atoms with E-state index < -0.39 is 0 Å². The third-order valence-electron chi connectivity index (χ3n) is 3.85. The number of aliphatic imine (C=N–C) groups is 1. The highest BCUT2D eigenvalue weighted by Crippen LogP contribution is 2.26. The number of hydrogen-bond acceptors (Lipinski definition) is 2. The predicted molar refractivity (Wildman–Crippen MR) is 88.4 cm³/mol. The van der Waals surface area contributed by atoms with Crippen molar-refractivity contribution in [2.75, 3.05) is 6.54 Å². The standard InChI is InChI=1S/C18H33NO/c1-5-7-9-10-12-16(11-8-6-2)18-17(13-14-19-18)20-15(3)4/h13,15-16H,5-12,14H2,1-4H3. The smallest absolute Gasteiger partial charge is 0.138 e. The lowest BCUT2D eigenvalue weighted by molar-refractivity contribution is 0.162. The fourth-order valence-electron chi connectivity index (χ4n) is 2.79. The molecule has 0 saturated heterocycles. The zero-order valence-corrected chi connectivity index (χ0v) is 14.0. The van der Waals surface area contributed by atoms with E-state index in [0.717, 1.165) is 12.3 Å². The Morgan fingerprint density at radius 1 is 1.05 bits per heavy atom. The summed E-state index contributed by atoms with van der Waals surface area (Å²) in [5, 5.41) is 0. The second-order valence-corrected chi connectivity index (χ2v) is 6.15. The average Bonchev–Trinajstić information content (AvgIpc) is 2.85. The molecule has 1 rings (SSSR count). The Bertz CT molecular complexity index is 317. The summed E-state index contributed by atoms with van der Waals surface area (Å²) in [7, 11) is 0. The van der Waals surface area contributed by atoms with Gasteiger partial charge in [-0.15, -0.1) is 0 Å². The Kier molecular flexibility index (Phi) is 8.64. The quantitative estimate of drug-likeness (QED) is 0.456. The lowest BCUT2D eigenvalue weighted by atomic mass is 9.90. The van der Waals surface area contributed by atoms with Crippen LogP contribution < -0.4 is 0 Å². The molecule has 0 aromatic heterocycles. The van der Waals surface area contributed by atoms with Crippen LogP contribution >= 0.6 is 0 Å². The van der Waals surface area contributed by atoms with Crippen molar-refractivity contribution in [1.29, 1.82) is 0 Å². The first-order chi connectivity index (χ1) is 9.69. The van der Waals surface area contributed by atoms with Gasteiger partial charge in [-0.3, -0.25) is 4.99 Å². The lowest BCUT2D eigenvalue weighted by Gasteiger charge is -2.21. The number of unbranched alkanes of at least 4 members (excludes halogenated alkanes) is 4. The minimum atomic E-state index is 0.247. The normalized spacial score (nSPS) is 16.2. The van der Waals surface area contributed by atoms with Gasteiger partial charge in [0.1, 0.15) is 5.76 Å². The second-order valence-electron chi connectivity index (χ2n) is 6.15. The minimum absolute atomic E-state index is 0.247. The van der Waals surface area contributed by atoms with E-state index in [2.05, 4.69) is 33.8 Å². The lowest BCUT2D eigenvalue weighted by Crippen LogP contribution is -2.19. The molecule has 2 nitrogen and oxygen atoms in total. The zero-order valence-electron chi connectivity index (χ0n) is 14.0. The number of hydrogen-bond donors (Lipinski definition) is 0. The van der Waals surface area contributed by atoms with Crippen molar-refractivity contribution in [3.05, 3.63) is 11.8 Å². The molecule has 116 valence electrons. The highest BCUT2D eigenvalue weighted by molar-refractivity contribution is 6.01. The molecule has 1 aliphatic rings. The molecule has 0 bridgehead atoms. The van der Waals surface area contributed by atoms with Gasteiger partial charge >= 0.3 is 0 Å². The molecule has 1 heterocycles. The first-order valence-corrected chi connectivity index (χ1v) is 8.60. The third kappa shape index (κ3) is 6.11. The van der Waals surface area contributed by atoms with E-state index in [1.165, 1.54) is 57.1 Å². The molecule has 0 saturated carbocycles. The third-order valence-corrected chi connectivity index (χ3v) is 3.85. The molecular weight excluding hydrogens is 246 g/mol. The van der Waals surface area contributed by atoms with E-state index in [1.54, 1.807) is 0 Å². The van der Waals surface area contributed by atoms with Crippen LogP contribution in [0.5, 0.6) is 0 Å². The predicted octanol–water partition coefficient (Wildman–Crippen LogP) is 5.53. The molecule has 20 heavy (non-hydrogen) atoms. The maximum atomic E-state index is 5.94. The van der Waals surface area contributed by atoms with Crippen LogP contribution in [0.2, 0.25) is 0 Å². The SMILES string of the molecule is CCCCCCC(CCCC)C1=NCC=C1OC(C)C. The topological polar surface area (TPSA) is 21.6 Å². The van der Waals surface area contributed by atoms with Crippen molar-refractivity contribution in [2.24, 2.45) is 10.9 Å². The van der Waals surface area contributed by atoms with Crippen LogP contribution in [0.4, 0.5) is 0 Å². The monoisotopic (exact) mass is 279 g/mol. The highest BCUT2D eigenvalue weighted by Gasteiger charge is 2.23. The average molecular weight is 279 g/mol. The molecule has 0 aromatic carbocycles. The molecule has 0 radical (unpaired) electrons. The first-order valence-electron chi connectivity index (χ1n) is 8.60. The van der Waals surface area contributed by atoms with Gasteiger partial charge in [-0.25, -0.2) is 0 Å². The van der Waals surface area contributed by atoms with E-state index in [9.17, 15) is 0 Å². The van der Waals surface area contributed by atoms with Crippen molar-refractivity contribution in [1.82, 2.24) is 0 Å². The van der Waals surface area contributed by atoms with Gasteiger partial charge in [-0.2, -0.15) is 0 Å². The molecule has 2 heteroatoms. The summed E-state index contributed by atoms with van der Waals surface area (Å²) < 4.78 is 5.94. The molecule has 0 spiro atoms. The summed E-state index contributed by atoms with van der Waals surface area (Å²) in [5.41, 5.74) is 1.25. The summed E-state index contributed by atoms with van der Waals surface area (Å²) in [6, 6.07) is 0. The number of ether oxygens (including phenoxy) is 1. The number of rotatable bonds is 11. The van der Waals surface area contributed by atoms with Gasteiger partial charge in [-0.05, 0) is 32.8 Å². The van der Waals surface area contributed by atoms with Crippen LogP contribution in [0.15, 0.2) is 16.8 Å². The highest BCUT2D eigenvalue weighted by atomic mass is 16.5. The summed E-state index contributed by atoms with van der Waals surface area (Å²) >= 11 is 0. The molecule has 0 fully saturated rings. The zero-order chi connectivity index (χ0) is 14.8. The maximum absolute atomic E-state index is 5.94. The molecule has 0 aromatic rings. The van der Waals surface area contributed by atoms with Crippen LogP contribution in [0.3, 0.4) is 0 Å². The van der Waals surface area contributed by atoms with Gasteiger partial charge in [0.2, 0.25) is 0 Å². The Morgan fingerprint density at radius 2 is 1.75 bits per heavy atom. The number of nitrogens with zero attached hydrogens (tertiary/aromatic N) is 1. The van der Waals surface area contributed by atoms with Crippen molar-refractivity contribution in [3.8, 4) is 0 Å². The van der Waals surface area contributed by atoms with Gasteiger partial charge < -0.3 is 4.74 Å². The van der Waals surface area contributed by atoms with E-state index >= 15 is 0 Å². The Morgan fingerprint density at radius 3 is 2.40 bits per heavy atom. The van der Waals surface area contributed by atoms with Crippen LogP contribution in [0, 0.1) is 5.92 Å². The second kappa shape index (κ2) is 10.0. The Labute approximate surface area is 125 Å². The summed E-state index contributed by atoms with van der Waals surface area (Å²) in [4.78, 5) is 4.72. The summed E-state index contributed by atoms with van der Waals surface area (Å²) in [6.07, 6.45) is 12.9. The molecule has 1 aliphatic heterocycles.